The van der Waals surface area contributed by atoms with Crippen molar-refractivity contribution in [3.8, 4) is 0 Å². The molecular weight excluding hydrogens is 608 g/mol. The molecule has 0 aliphatic carbocycles. The Morgan fingerprint density at radius 1 is 0.412 bits per heavy atom. The average molecular weight is 614 g/mol. The third kappa shape index (κ3) is 3.94. The molecule has 204 valence electrons. The molecule has 9 nitrogen and oxygen atoms in total. The molecule has 0 heterocycles. The van der Waals surface area contributed by atoms with E-state index in [1.54, 1.807) is 0 Å². The smallest absolute Gasteiger partial charge is 0.294 e. The predicted molar refractivity (Wildman–Crippen MR) is 81.7 cm³/mol. The molecule has 0 rings (SSSR count). The second kappa shape index (κ2) is 7.81. The van der Waals surface area contributed by atoms with Crippen LogP contribution in [-0.2, 0) is 44.1 Å². The van der Waals surface area contributed by atoms with Crippen LogP contribution in [0.2, 0.25) is 0 Å². The van der Waals surface area contributed by atoms with Gasteiger partial charge >= 0.3 is 22.0 Å². The van der Waals surface area contributed by atoms with E-state index in [-0.39, 0.29) is 0 Å². The molecule has 0 fully saturated rings. The lowest BCUT2D eigenvalue weighted by Gasteiger charge is -2.36. The van der Waals surface area contributed by atoms with Gasteiger partial charge < -0.3 is 0 Å². The fourth-order valence-corrected chi connectivity index (χ4v) is 9.34. The molecule has 0 aliphatic heterocycles. The van der Waals surface area contributed by atoms with Crippen molar-refractivity contribution in [1.82, 2.24) is 0 Å². The van der Waals surface area contributed by atoms with E-state index >= 15 is 0 Å². The van der Waals surface area contributed by atoms with Crippen molar-refractivity contribution in [2.24, 2.45) is 0 Å². The van der Waals surface area contributed by atoms with Gasteiger partial charge in [-0.2, -0.15) is 52.7 Å². The first-order valence-electron chi connectivity index (χ1n) is 6.94. The Bertz CT molecular complexity index is 1090. The van der Waals surface area contributed by atoms with Gasteiger partial charge in [0, 0.05) is 0 Å². The van der Waals surface area contributed by atoms with Crippen molar-refractivity contribution < 1.29 is 91.2 Å². The van der Waals surface area contributed by atoms with Crippen LogP contribution in [0.4, 0.5) is 52.7 Å². The fourth-order valence-electron chi connectivity index (χ4n) is 2.07. The minimum Gasteiger partial charge on any atom is -0.294 e. The number of carbonyl (C=O) groups is 1. The van der Waals surface area contributed by atoms with Crippen molar-refractivity contribution in [2.45, 2.75) is 44.0 Å². The van der Waals surface area contributed by atoms with E-state index in [1.165, 1.54) is 0 Å². The van der Waals surface area contributed by atoms with Crippen molar-refractivity contribution in [2.75, 3.05) is 0 Å². The lowest BCUT2D eigenvalue weighted by molar-refractivity contribution is -0.122. The number of halogens is 12. The zero-order valence-electron chi connectivity index (χ0n) is 15.3. The van der Waals surface area contributed by atoms with Gasteiger partial charge in [0.25, 0.3) is 39.3 Å². The largest absolute Gasteiger partial charge is 0.499 e. The van der Waals surface area contributed by atoms with Gasteiger partial charge in [-0.05, 0) is 13.8 Å². The first-order valence-corrected chi connectivity index (χ1v) is 12.9. The second-order valence-electron chi connectivity index (χ2n) is 6.02. The van der Waals surface area contributed by atoms with Crippen LogP contribution in [0.25, 0.3) is 0 Å². The standard InChI is InChI=1S/C9H6F12O9S4/c1-4(31(23,24)6(10,11)12,32(25,26)7(13,14)15)3(22)5(2,33(27,28)8(16,17)18)34(29,30)9(19,20)21/h1-2H3. The predicted octanol–water partition coefficient (Wildman–Crippen LogP) is 1.73. The first-order chi connectivity index (χ1) is 14.2. The minimum absolute atomic E-state index is 1.56. The number of Topliss-reactive ketones (excluding diaryl/α,β-unsaturated/α-hetero) is 1. The van der Waals surface area contributed by atoms with Crippen molar-refractivity contribution >= 4 is 45.1 Å². The van der Waals surface area contributed by atoms with Crippen molar-refractivity contribution in [3.05, 3.63) is 0 Å². The first kappa shape index (κ1) is 32.6. The van der Waals surface area contributed by atoms with Crippen LogP contribution in [-0.4, -0.2) is 69.6 Å². The second-order valence-corrected chi connectivity index (χ2v) is 15.7. The van der Waals surface area contributed by atoms with Gasteiger partial charge in [-0.25, -0.2) is 33.7 Å². The highest BCUT2D eigenvalue weighted by Crippen LogP contribution is 2.51. The third-order valence-electron chi connectivity index (χ3n) is 4.09. The molecule has 0 aromatic heterocycles. The van der Waals surface area contributed by atoms with E-state index < -0.39 is 89.2 Å². The molecule has 0 radical (unpaired) electrons. The Morgan fingerprint density at radius 2 is 0.529 bits per heavy atom. The molecule has 34 heavy (non-hydrogen) atoms. The van der Waals surface area contributed by atoms with E-state index in [1.807, 2.05) is 0 Å². The summed E-state index contributed by atoms with van der Waals surface area (Å²) in [5.41, 5.74) is -29.7. The van der Waals surface area contributed by atoms with Crippen molar-refractivity contribution in [3.63, 3.8) is 0 Å². The Labute approximate surface area is 180 Å². The van der Waals surface area contributed by atoms with Gasteiger partial charge in [0.1, 0.15) is 0 Å². The lowest BCUT2D eigenvalue weighted by atomic mass is 10.2. The van der Waals surface area contributed by atoms with Crippen molar-refractivity contribution in [1.29, 1.82) is 0 Å². The van der Waals surface area contributed by atoms with E-state index in [0.29, 0.717) is 0 Å². The average Bonchev–Trinajstić information content (AvgIpc) is 2.54. The summed E-state index contributed by atoms with van der Waals surface area (Å²) in [4.78, 5) is 12.3. The highest BCUT2D eigenvalue weighted by molar-refractivity contribution is 8.15. The summed E-state index contributed by atoms with van der Waals surface area (Å²) in [5, 5.41) is 0. The molecule has 0 saturated carbocycles. The maximum Gasteiger partial charge on any atom is 0.499 e. The number of sulfone groups is 4. The molecule has 0 atom stereocenters. The normalized spacial score (nSPS) is 16.4. The zero-order chi connectivity index (χ0) is 28.6. The van der Waals surface area contributed by atoms with Crippen LogP contribution in [0.15, 0.2) is 0 Å². The van der Waals surface area contributed by atoms with E-state index in [0.717, 1.165) is 0 Å². The Balaban J connectivity index is 8.51. The van der Waals surface area contributed by atoms with Gasteiger partial charge in [0.15, 0.2) is 0 Å². The minimum atomic E-state index is -8.49. The van der Waals surface area contributed by atoms with Gasteiger partial charge in [0.05, 0.1) is 0 Å². The summed E-state index contributed by atoms with van der Waals surface area (Å²) in [6.07, 6.45) is 0. The van der Waals surface area contributed by atoms with Crippen LogP contribution >= 0.6 is 0 Å². The molecule has 0 bridgehead atoms. The number of carbonyl (C=O) groups excluding carboxylic acids is 1. The molecule has 25 heteroatoms. The van der Waals surface area contributed by atoms with E-state index in [4.69, 9.17) is 0 Å². The molecular formula is C9H6F12O9S4. The summed E-state index contributed by atoms with van der Waals surface area (Å²) >= 11 is 0. The zero-order valence-corrected chi connectivity index (χ0v) is 18.6. The monoisotopic (exact) mass is 614 g/mol. The SMILES string of the molecule is CC(C(=O)C(C)(S(=O)(=O)C(F)(F)F)S(=O)(=O)C(F)(F)F)(S(=O)(=O)C(F)(F)F)S(=O)(=O)C(F)(F)F. The van der Waals surface area contributed by atoms with Gasteiger partial charge in [-0.3, -0.25) is 4.79 Å². The van der Waals surface area contributed by atoms with E-state index in [9.17, 15) is 91.2 Å². The number of ketones is 1. The highest BCUT2D eigenvalue weighted by Gasteiger charge is 2.83. The Kier molecular flexibility index (Phi) is 7.50. The van der Waals surface area contributed by atoms with Crippen LogP contribution in [0.1, 0.15) is 13.8 Å². The molecule has 0 saturated heterocycles. The van der Waals surface area contributed by atoms with Gasteiger partial charge in [-0.1, -0.05) is 0 Å². The van der Waals surface area contributed by atoms with E-state index in [2.05, 4.69) is 0 Å². The third-order valence-corrected chi connectivity index (χ3v) is 14.0. The summed E-state index contributed by atoms with van der Waals surface area (Å²) in [6.45, 7) is -3.12. The summed E-state index contributed by atoms with van der Waals surface area (Å²) in [6, 6.07) is 0. The fraction of sp³-hybridized carbons (Fsp3) is 0.889. The molecule has 0 aromatic carbocycles. The molecule has 0 amide bonds. The van der Waals surface area contributed by atoms with Crippen LogP contribution in [0, 0.1) is 0 Å². The molecule has 0 aliphatic rings. The number of hydrogen-bond donors (Lipinski definition) is 0. The maximum absolute atomic E-state index is 12.9. The highest BCUT2D eigenvalue weighted by atomic mass is 32.3. The Hall–Kier alpha value is -1.37. The molecule has 0 spiro atoms. The number of alkyl halides is 12. The maximum atomic E-state index is 12.9. The molecule has 0 N–H and O–H groups in total. The lowest BCUT2D eigenvalue weighted by Crippen LogP contribution is -2.69. The molecule has 0 aromatic rings. The van der Waals surface area contributed by atoms with Crippen LogP contribution in [0.3, 0.4) is 0 Å². The summed E-state index contributed by atoms with van der Waals surface area (Å²) in [7, 11) is -34.0. The molecule has 0 unspecified atom stereocenters. The quantitative estimate of drug-likeness (QED) is 0.407. The van der Waals surface area contributed by atoms with Crippen LogP contribution < -0.4 is 0 Å². The van der Waals surface area contributed by atoms with Crippen LogP contribution in [0.5, 0.6) is 0 Å². The topological polar surface area (TPSA) is 154 Å². The van der Waals surface area contributed by atoms with Gasteiger partial charge in [0.2, 0.25) is 13.9 Å². The number of hydrogen-bond acceptors (Lipinski definition) is 9. The Morgan fingerprint density at radius 3 is 0.618 bits per heavy atom. The van der Waals surface area contributed by atoms with Gasteiger partial charge in [-0.15, -0.1) is 0 Å². The summed E-state index contributed by atoms with van der Waals surface area (Å²) < 4.78 is 235. The number of rotatable bonds is 6. The summed E-state index contributed by atoms with van der Waals surface area (Å²) in [5.74, 6) is -4.80.